The minimum atomic E-state index is -0.812. The molecule has 3 rings (SSSR count). The molecule has 0 aliphatic heterocycles. The van der Waals surface area contributed by atoms with Gasteiger partial charge in [0.2, 0.25) is 11.8 Å². The number of alkyl halides is 1. The summed E-state index contributed by atoms with van der Waals surface area (Å²) in [4.78, 5) is 28.4. The fourth-order valence-electron chi connectivity index (χ4n) is 3.65. The second-order valence-electron chi connectivity index (χ2n) is 6.98. The third kappa shape index (κ3) is 5.24. The summed E-state index contributed by atoms with van der Waals surface area (Å²) in [6.07, 6.45) is 5.32. The van der Waals surface area contributed by atoms with Crippen LogP contribution in [0.25, 0.3) is 0 Å². The van der Waals surface area contributed by atoms with Gasteiger partial charge in [0.1, 0.15) is 17.7 Å². The third-order valence-electron chi connectivity index (χ3n) is 5.07. The zero-order chi connectivity index (χ0) is 20.8. The number of halogens is 2. The molecule has 2 amide bonds. The zero-order valence-electron chi connectivity index (χ0n) is 16.2. The number of amides is 2. The van der Waals surface area contributed by atoms with Gasteiger partial charge in [-0.05, 0) is 42.5 Å². The number of carbonyl (C=O) groups is 2. The second-order valence-corrected chi connectivity index (χ2v) is 8.63. The Morgan fingerprint density at radius 3 is 2.62 bits per heavy atom. The maximum atomic E-state index is 13.4. The van der Waals surface area contributed by atoms with Crippen molar-refractivity contribution >= 4 is 52.0 Å². The molecule has 0 saturated heterocycles. The van der Waals surface area contributed by atoms with E-state index in [4.69, 9.17) is 27.9 Å². The van der Waals surface area contributed by atoms with Crippen LogP contribution in [0.15, 0.2) is 35.7 Å². The average molecular weight is 455 g/mol. The molecular weight excluding hydrogens is 431 g/mol. The Kier molecular flexibility index (Phi) is 7.81. The molecular formula is C21H24Cl2N2O3S. The van der Waals surface area contributed by atoms with Gasteiger partial charge >= 0.3 is 0 Å². The summed E-state index contributed by atoms with van der Waals surface area (Å²) >= 11 is 13.6. The van der Waals surface area contributed by atoms with Gasteiger partial charge in [-0.3, -0.25) is 14.5 Å². The molecule has 0 unspecified atom stereocenters. The van der Waals surface area contributed by atoms with Gasteiger partial charge in [-0.15, -0.1) is 22.9 Å². The number of methoxy groups -OCH3 is 1. The number of hydrogen-bond acceptors (Lipinski definition) is 4. The normalized spacial score (nSPS) is 15.6. The standard InChI is InChI=1S/C21H24Cl2N2O3S/c1-28-17-10-9-15(12-16(17)23)25(19(26)13-22)20(18-8-5-11-29-18)21(27)24-14-6-3-2-4-7-14/h5,8-12,14,20H,2-4,6-7,13H2,1H3,(H,24,27)/t20-/m0/s1. The lowest BCUT2D eigenvalue weighted by atomic mass is 9.95. The van der Waals surface area contributed by atoms with Crippen molar-refractivity contribution in [3.05, 3.63) is 45.6 Å². The molecule has 1 aromatic carbocycles. The summed E-state index contributed by atoms with van der Waals surface area (Å²) in [6, 6.07) is 8.05. The molecule has 156 valence electrons. The van der Waals surface area contributed by atoms with Crippen LogP contribution < -0.4 is 15.0 Å². The molecule has 1 N–H and O–H groups in total. The fourth-order valence-corrected chi connectivity index (χ4v) is 4.85. The Hall–Kier alpha value is -1.76. The van der Waals surface area contributed by atoms with Gasteiger partial charge < -0.3 is 10.1 Å². The number of carbonyl (C=O) groups excluding carboxylic acids is 2. The van der Waals surface area contributed by atoms with Gasteiger partial charge in [0.25, 0.3) is 0 Å². The Balaban J connectivity index is 1.98. The van der Waals surface area contributed by atoms with Crippen LogP contribution >= 0.6 is 34.5 Å². The van der Waals surface area contributed by atoms with Crippen LogP contribution in [-0.2, 0) is 9.59 Å². The van der Waals surface area contributed by atoms with E-state index in [0.717, 1.165) is 30.6 Å². The number of anilines is 1. The Labute approximate surface area is 184 Å². The molecule has 0 radical (unpaired) electrons. The third-order valence-corrected chi connectivity index (χ3v) is 6.52. The van der Waals surface area contributed by atoms with Gasteiger partial charge in [-0.1, -0.05) is 36.9 Å². The Morgan fingerprint density at radius 2 is 2.03 bits per heavy atom. The van der Waals surface area contributed by atoms with Crippen molar-refractivity contribution in [2.24, 2.45) is 0 Å². The van der Waals surface area contributed by atoms with E-state index in [-0.39, 0.29) is 23.7 Å². The van der Waals surface area contributed by atoms with Crippen molar-refractivity contribution in [2.75, 3.05) is 17.9 Å². The molecule has 8 heteroatoms. The van der Waals surface area contributed by atoms with Crippen LogP contribution in [0.5, 0.6) is 5.75 Å². The maximum Gasteiger partial charge on any atom is 0.248 e. The van der Waals surface area contributed by atoms with Crippen LogP contribution in [-0.4, -0.2) is 30.8 Å². The molecule has 1 saturated carbocycles. The van der Waals surface area contributed by atoms with Crippen molar-refractivity contribution in [1.29, 1.82) is 0 Å². The number of benzene rings is 1. The molecule has 29 heavy (non-hydrogen) atoms. The SMILES string of the molecule is COc1ccc(N(C(=O)CCl)[C@H](C(=O)NC2CCCCC2)c2cccs2)cc1Cl. The lowest BCUT2D eigenvalue weighted by molar-refractivity contribution is -0.126. The van der Waals surface area contributed by atoms with Crippen LogP contribution in [0.2, 0.25) is 5.02 Å². The molecule has 1 atom stereocenters. The minimum Gasteiger partial charge on any atom is -0.495 e. The number of ether oxygens (including phenoxy) is 1. The van der Waals surface area contributed by atoms with Crippen molar-refractivity contribution in [2.45, 2.75) is 44.2 Å². The van der Waals surface area contributed by atoms with Crippen LogP contribution in [0.1, 0.15) is 43.0 Å². The van der Waals surface area contributed by atoms with E-state index in [2.05, 4.69) is 5.32 Å². The summed E-state index contributed by atoms with van der Waals surface area (Å²) in [7, 11) is 1.52. The van der Waals surface area contributed by atoms with Crippen LogP contribution in [0.4, 0.5) is 5.69 Å². The first-order valence-electron chi connectivity index (χ1n) is 9.60. The number of thiophene rings is 1. The molecule has 1 aromatic heterocycles. The Morgan fingerprint density at radius 1 is 1.28 bits per heavy atom. The highest BCUT2D eigenvalue weighted by Crippen LogP contribution is 2.35. The highest BCUT2D eigenvalue weighted by Gasteiger charge is 2.34. The van der Waals surface area contributed by atoms with Crippen LogP contribution in [0.3, 0.4) is 0 Å². The van der Waals surface area contributed by atoms with Crippen molar-refractivity contribution < 1.29 is 14.3 Å². The number of nitrogens with one attached hydrogen (secondary N) is 1. The summed E-state index contributed by atoms with van der Waals surface area (Å²) < 4.78 is 5.21. The molecule has 1 heterocycles. The lowest BCUT2D eigenvalue weighted by Gasteiger charge is -2.32. The molecule has 0 spiro atoms. The first-order chi connectivity index (χ1) is 14.0. The fraction of sp³-hybridized carbons (Fsp3) is 0.429. The smallest absolute Gasteiger partial charge is 0.248 e. The minimum absolute atomic E-state index is 0.131. The summed E-state index contributed by atoms with van der Waals surface area (Å²) in [5.74, 6) is -0.328. The van der Waals surface area contributed by atoms with E-state index in [1.54, 1.807) is 18.2 Å². The highest BCUT2D eigenvalue weighted by molar-refractivity contribution is 7.10. The van der Waals surface area contributed by atoms with Gasteiger partial charge in [0, 0.05) is 16.6 Å². The summed E-state index contributed by atoms with van der Waals surface area (Å²) in [6.45, 7) is 0. The quantitative estimate of drug-likeness (QED) is 0.586. The van der Waals surface area contributed by atoms with Gasteiger partial charge in [-0.25, -0.2) is 0 Å². The molecule has 0 bridgehead atoms. The Bertz CT molecular complexity index is 838. The second kappa shape index (κ2) is 10.3. The number of nitrogens with zero attached hydrogens (tertiary/aromatic N) is 1. The van der Waals surface area contributed by atoms with E-state index in [1.165, 1.54) is 29.8 Å². The molecule has 1 fully saturated rings. The number of hydrogen-bond donors (Lipinski definition) is 1. The van der Waals surface area contributed by atoms with E-state index in [1.807, 2.05) is 17.5 Å². The first kappa shape index (κ1) is 21.9. The van der Waals surface area contributed by atoms with E-state index in [0.29, 0.717) is 16.5 Å². The largest absolute Gasteiger partial charge is 0.495 e. The average Bonchev–Trinajstić information content (AvgIpc) is 3.26. The summed E-state index contributed by atoms with van der Waals surface area (Å²) in [5.41, 5.74) is 0.499. The van der Waals surface area contributed by atoms with Gasteiger partial charge in [0.05, 0.1) is 12.1 Å². The van der Waals surface area contributed by atoms with Gasteiger partial charge in [-0.2, -0.15) is 0 Å². The molecule has 2 aromatic rings. The van der Waals surface area contributed by atoms with E-state index < -0.39 is 6.04 Å². The van der Waals surface area contributed by atoms with E-state index in [9.17, 15) is 9.59 Å². The van der Waals surface area contributed by atoms with Crippen molar-refractivity contribution in [1.82, 2.24) is 5.32 Å². The maximum absolute atomic E-state index is 13.4. The predicted octanol–water partition coefficient (Wildman–Crippen LogP) is 5.17. The summed E-state index contributed by atoms with van der Waals surface area (Å²) in [5, 5.41) is 5.39. The molecule has 1 aliphatic rings. The zero-order valence-corrected chi connectivity index (χ0v) is 18.5. The molecule has 1 aliphatic carbocycles. The highest BCUT2D eigenvalue weighted by atomic mass is 35.5. The van der Waals surface area contributed by atoms with Crippen molar-refractivity contribution in [3.8, 4) is 5.75 Å². The lowest BCUT2D eigenvalue weighted by Crippen LogP contribution is -2.47. The number of rotatable bonds is 7. The first-order valence-corrected chi connectivity index (χ1v) is 11.4. The topological polar surface area (TPSA) is 58.6 Å². The monoisotopic (exact) mass is 454 g/mol. The van der Waals surface area contributed by atoms with E-state index >= 15 is 0 Å². The van der Waals surface area contributed by atoms with Crippen molar-refractivity contribution in [3.63, 3.8) is 0 Å². The van der Waals surface area contributed by atoms with Gasteiger partial charge in [0.15, 0.2) is 0 Å². The van der Waals surface area contributed by atoms with Crippen LogP contribution in [0, 0.1) is 0 Å². The predicted molar refractivity (Wildman–Crippen MR) is 118 cm³/mol. The molecule has 5 nitrogen and oxygen atoms in total.